The van der Waals surface area contributed by atoms with Gasteiger partial charge in [-0.05, 0) is 35.9 Å². The van der Waals surface area contributed by atoms with Gasteiger partial charge in [-0.25, -0.2) is 0 Å². The molecule has 0 aliphatic carbocycles. The Bertz CT molecular complexity index is 1020. The molecular formula is C21H23N5O3S. The first-order valence-electron chi connectivity index (χ1n) is 9.23. The summed E-state index contributed by atoms with van der Waals surface area (Å²) in [6, 6.07) is 14.7. The highest BCUT2D eigenvalue weighted by Crippen LogP contribution is 2.16. The molecule has 0 spiro atoms. The number of nitrogens with one attached hydrogen (secondary N) is 2. The molecule has 0 unspecified atom stereocenters. The van der Waals surface area contributed by atoms with Gasteiger partial charge in [0.2, 0.25) is 5.01 Å². The topological polar surface area (TPSA) is 96.5 Å². The molecule has 3 rings (SSSR count). The van der Waals surface area contributed by atoms with Crippen molar-refractivity contribution in [2.75, 3.05) is 31.4 Å². The van der Waals surface area contributed by atoms with E-state index >= 15 is 0 Å². The number of ether oxygens (including phenoxy) is 1. The summed E-state index contributed by atoms with van der Waals surface area (Å²) in [5, 5.41) is 14.3. The molecule has 30 heavy (non-hydrogen) atoms. The first kappa shape index (κ1) is 21.4. The second-order valence-corrected chi connectivity index (χ2v) is 7.77. The van der Waals surface area contributed by atoms with Crippen molar-refractivity contribution in [1.82, 2.24) is 15.5 Å². The van der Waals surface area contributed by atoms with Gasteiger partial charge < -0.3 is 20.3 Å². The smallest absolute Gasteiger partial charge is 0.286 e. The van der Waals surface area contributed by atoms with Gasteiger partial charge in [0.05, 0.1) is 6.61 Å². The number of rotatable bonds is 8. The maximum atomic E-state index is 12.5. The number of anilines is 2. The first-order chi connectivity index (χ1) is 14.5. The van der Waals surface area contributed by atoms with E-state index in [4.69, 9.17) is 4.74 Å². The number of nitrogens with zero attached hydrogens (tertiary/aromatic N) is 3. The molecule has 1 aromatic heterocycles. The molecule has 0 atom stereocenters. The van der Waals surface area contributed by atoms with Crippen LogP contribution >= 0.6 is 11.3 Å². The molecule has 0 aliphatic heterocycles. The van der Waals surface area contributed by atoms with Gasteiger partial charge in [0, 0.05) is 44.7 Å². The summed E-state index contributed by atoms with van der Waals surface area (Å²) >= 11 is 1.16. The van der Waals surface area contributed by atoms with Crippen LogP contribution in [0.15, 0.2) is 48.5 Å². The van der Waals surface area contributed by atoms with Crippen LogP contribution in [0.5, 0.6) is 0 Å². The summed E-state index contributed by atoms with van der Waals surface area (Å²) in [6.45, 7) is 0.717. The zero-order valence-corrected chi connectivity index (χ0v) is 17.8. The Morgan fingerprint density at radius 1 is 1.07 bits per heavy atom. The fourth-order valence-corrected chi connectivity index (χ4v) is 3.35. The molecule has 2 N–H and O–H groups in total. The minimum atomic E-state index is -0.381. The minimum absolute atomic E-state index is 0.221. The van der Waals surface area contributed by atoms with Crippen LogP contribution in [-0.4, -0.2) is 43.2 Å². The third kappa shape index (κ3) is 5.62. The summed E-state index contributed by atoms with van der Waals surface area (Å²) in [4.78, 5) is 26.9. The average molecular weight is 426 g/mol. The van der Waals surface area contributed by atoms with Crippen LogP contribution in [0.1, 0.15) is 30.7 Å². The summed E-state index contributed by atoms with van der Waals surface area (Å²) in [5.74, 6) is -0.602. The van der Waals surface area contributed by atoms with Crippen LogP contribution in [0.3, 0.4) is 0 Å². The lowest BCUT2D eigenvalue weighted by atomic mass is 10.1. The Hall–Kier alpha value is -3.30. The molecule has 0 aliphatic rings. The second-order valence-electron chi connectivity index (χ2n) is 6.71. The summed E-state index contributed by atoms with van der Waals surface area (Å²) in [7, 11) is 5.51. The number of carbonyl (C=O) groups excluding carboxylic acids is 2. The largest absolute Gasteiger partial charge is 0.378 e. The summed E-state index contributed by atoms with van der Waals surface area (Å²) in [6.07, 6.45) is 0. The maximum Gasteiger partial charge on any atom is 0.286 e. The lowest BCUT2D eigenvalue weighted by molar-refractivity contribution is 0.0949. The Labute approximate surface area is 178 Å². The Morgan fingerprint density at radius 3 is 2.53 bits per heavy atom. The predicted molar refractivity (Wildman–Crippen MR) is 117 cm³/mol. The van der Waals surface area contributed by atoms with Crippen LogP contribution in [0.4, 0.5) is 11.4 Å². The standard InChI is InChI=1S/C21H23N5O3S/c1-26(2)17-9-7-14(8-10-17)12-22-19(27)15-5-4-6-16(11-15)23-20(28)21-25-24-18(30-21)13-29-3/h4-11H,12-13H2,1-3H3,(H,22,27)(H,23,28). The average Bonchev–Trinajstić information content (AvgIpc) is 3.21. The van der Waals surface area contributed by atoms with E-state index in [1.165, 1.54) is 0 Å². The van der Waals surface area contributed by atoms with Crippen LogP contribution in [0, 0.1) is 0 Å². The molecule has 2 amide bonds. The quantitative estimate of drug-likeness (QED) is 0.576. The Balaban J connectivity index is 1.59. The van der Waals surface area contributed by atoms with Crippen molar-refractivity contribution in [2.45, 2.75) is 13.2 Å². The van der Waals surface area contributed by atoms with Gasteiger partial charge in [0.1, 0.15) is 5.01 Å². The van der Waals surface area contributed by atoms with Crippen molar-refractivity contribution in [3.8, 4) is 0 Å². The van der Waals surface area contributed by atoms with Crippen LogP contribution < -0.4 is 15.5 Å². The van der Waals surface area contributed by atoms with Crippen molar-refractivity contribution in [3.63, 3.8) is 0 Å². The van der Waals surface area contributed by atoms with Crippen LogP contribution in [-0.2, 0) is 17.9 Å². The van der Waals surface area contributed by atoms with Crippen molar-refractivity contribution in [1.29, 1.82) is 0 Å². The fraction of sp³-hybridized carbons (Fsp3) is 0.238. The molecule has 0 bridgehead atoms. The van der Waals surface area contributed by atoms with E-state index in [0.717, 1.165) is 22.6 Å². The predicted octanol–water partition coefficient (Wildman–Crippen LogP) is 2.93. The zero-order valence-electron chi connectivity index (χ0n) is 17.0. The third-order valence-electron chi connectivity index (χ3n) is 4.22. The fourth-order valence-electron chi connectivity index (χ4n) is 2.65. The van der Waals surface area contributed by atoms with E-state index < -0.39 is 0 Å². The van der Waals surface area contributed by atoms with Crippen molar-refractivity contribution >= 4 is 34.5 Å². The highest BCUT2D eigenvalue weighted by molar-refractivity contribution is 7.13. The lowest BCUT2D eigenvalue weighted by Gasteiger charge is -2.13. The van der Waals surface area contributed by atoms with Crippen molar-refractivity contribution < 1.29 is 14.3 Å². The number of aromatic nitrogens is 2. The molecule has 0 radical (unpaired) electrons. The lowest BCUT2D eigenvalue weighted by Crippen LogP contribution is -2.23. The number of methoxy groups -OCH3 is 1. The van der Waals surface area contributed by atoms with Crippen molar-refractivity contribution in [3.05, 3.63) is 69.7 Å². The molecule has 156 valence electrons. The SMILES string of the molecule is COCc1nnc(C(=O)Nc2cccc(C(=O)NCc3ccc(N(C)C)cc3)c2)s1. The molecule has 8 nitrogen and oxygen atoms in total. The van der Waals surface area contributed by atoms with Crippen LogP contribution in [0.25, 0.3) is 0 Å². The second kappa shape index (κ2) is 9.95. The molecular weight excluding hydrogens is 402 g/mol. The van der Waals surface area contributed by atoms with Crippen LogP contribution in [0.2, 0.25) is 0 Å². The number of benzene rings is 2. The Kier molecular flexibility index (Phi) is 7.10. The van der Waals surface area contributed by atoms with Gasteiger partial charge in [-0.1, -0.05) is 29.5 Å². The van der Waals surface area contributed by atoms with E-state index in [1.807, 2.05) is 43.3 Å². The molecule has 9 heteroatoms. The highest BCUT2D eigenvalue weighted by atomic mass is 32.1. The number of carbonyl (C=O) groups is 2. The minimum Gasteiger partial charge on any atom is -0.378 e. The third-order valence-corrected chi connectivity index (χ3v) is 5.11. The van der Waals surface area contributed by atoms with E-state index in [9.17, 15) is 9.59 Å². The van der Waals surface area contributed by atoms with Gasteiger partial charge in [-0.15, -0.1) is 10.2 Å². The normalized spacial score (nSPS) is 10.5. The summed E-state index contributed by atoms with van der Waals surface area (Å²) < 4.78 is 4.98. The first-order valence-corrected chi connectivity index (χ1v) is 10.0. The Morgan fingerprint density at radius 2 is 1.83 bits per heavy atom. The van der Waals surface area contributed by atoms with E-state index in [1.54, 1.807) is 31.4 Å². The summed E-state index contributed by atoms with van der Waals surface area (Å²) in [5.41, 5.74) is 3.06. The number of hydrogen-bond acceptors (Lipinski definition) is 7. The van der Waals surface area contributed by atoms with Gasteiger partial charge in [-0.3, -0.25) is 9.59 Å². The van der Waals surface area contributed by atoms with Crippen molar-refractivity contribution in [2.24, 2.45) is 0 Å². The van der Waals surface area contributed by atoms with Gasteiger partial charge in [0.15, 0.2) is 0 Å². The monoisotopic (exact) mass is 425 g/mol. The van der Waals surface area contributed by atoms with E-state index in [0.29, 0.717) is 29.4 Å². The van der Waals surface area contributed by atoms with Gasteiger partial charge in [-0.2, -0.15) is 0 Å². The maximum absolute atomic E-state index is 12.5. The molecule has 0 fully saturated rings. The van der Waals surface area contributed by atoms with Gasteiger partial charge in [0.25, 0.3) is 11.8 Å². The molecule has 0 saturated heterocycles. The molecule has 2 aromatic carbocycles. The number of hydrogen-bond donors (Lipinski definition) is 2. The molecule has 3 aromatic rings. The van der Waals surface area contributed by atoms with Gasteiger partial charge >= 0.3 is 0 Å². The van der Waals surface area contributed by atoms with E-state index in [2.05, 4.69) is 20.8 Å². The molecule has 1 heterocycles. The number of amides is 2. The zero-order chi connectivity index (χ0) is 21.5. The van der Waals surface area contributed by atoms with E-state index in [-0.39, 0.29) is 16.8 Å². The molecule has 0 saturated carbocycles. The highest BCUT2D eigenvalue weighted by Gasteiger charge is 2.14.